The maximum Gasteiger partial charge on any atom is 0.289 e. The van der Waals surface area contributed by atoms with Crippen LogP contribution in [0.15, 0.2) is 15.4 Å². The van der Waals surface area contributed by atoms with Gasteiger partial charge in [-0.15, -0.1) is 0 Å². The summed E-state index contributed by atoms with van der Waals surface area (Å²) < 4.78 is 32.4. The Morgan fingerprint density at radius 2 is 1.84 bits per heavy atom. The van der Waals surface area contributed by atoms with Crippen molar-refractivity contribution in [2.45, 2.75) is 50.5 Å². The molecule has 0 aromatic carbocycles. The van der Waals surface area contributed by atoms with E-state index in [4.69, 9.17) is 10.2 Å². The number of hydrogen-bond donors (Lipinski definition) is 1. The maximum absolute atomic E-state index is 12.7. The number of piperidine rings is 1. The predicted molar refractivity (Wildman–Crippen MR) is 93.7 cm³/mol. The Bertz CT molecular complexity index is 727. The number of nitrogens with zero attached hydrogens (tertiary/aromatic N) is 2. The highest BCUT2D eigenvalue weighted by atomic mass is 32.2. The summed E-state index contributed by atoms with van der Waals surface area (Å²) in [6.45, 7) is 5.90. The van der Waals surface area contributed by atoms with Gasteiger partial charge in [-0.1, -0.05) is 0 Å². The largest absolute Gasteiger partial charge is 0.455 e. The van der Waals surface area contributed by atoms with Crippen molar-refractivity contribution in [1.82, 2.24) is 9.21 Å². The molecule has 2 N–H and O–H groups in total. The Morgan fingerprint density at radius 1 is 1.24 bits per heavy atom. The number of aryl methyl sites for hydroxylation is 1. The molecular formula is C17H27N3O4S. The van der Waals surface area contributed by atoms with Gasteiger partial charge < -0.3 is 15.1 Å². The molecule has 1 amide bonds. The number of nitrogens with two attached hydrogens (primary N) is 1. The predicted octanol–water partition coefficient (Wildman–Crippen LogP) is 1.57. The summed E-state index contributed by atoms with van der Waals surface area (Å²) in [7, 11) is -3.58. The lowest BCUT2D eigenvalue weighted by Crippen LogP contribution is -2.42. The molecule has 2 saturated heterocycles. The van der Waals surface area contributed by atoms with E-state index in [2.05, 4.69) is 0 Å². The zero-order chi connectivity index (χ0) is 18.2. The van der Waals surface area contributed by atoms with Crippen molar-refractivity contribution in [3.8, 4) is 0 Å². The minimum absolute atomic E-state index is 0.106. The first-order valence-electron chi connectivity index (χ1n) is 8.96. The molecule has 3 rings (SSSR count). The summed E-state index contributed by atoms with van der Waals surface area (Å²) in [4.78, 5) is 14.5. The first-order valence-corrected chi connectivity index (χ1v) is 10.4. The highest BCUT2D eigenvalue weighted by molar-refractivity contribution is 7.89. The van der Waals surface area contributed by atoms with Crippen LogP contribution < -0.4 is 5.73 Å². The number of hydrogen-bond acceptors (Lipinski definition) is 5. The van der Waals surface area contributed by atoms with Gasteiger partial charge in [0.1, 0.15) is 10.7 Å². The molecule has 25 heavy (non-hydrogen) atoms. The first-order chi connectivity index (χ1) is 11.8. The van der Waals surface area contributed by atoms with Gasteiger partial charge in [0, 0.05) is 38.3 Å². The molecule has 1 atom stereocenters. The molecule has 3 heterocycles. The van der Waals surface area contributed by atoms with Crippen molar-refractivity contribution in [3.63, 3.8) is 0 Å². The van der Waals surface area contributed by atoms with Crippen LogP contribution in [0, 0.1) is 12.8 Å². The van der Waals surface area contributed by atoms with Crippen molar-refractivity contribution in [2.75, 3.05) is 26.2 Å². The lowest BCUT2D eigenvalue weighted by atomic mass is 9.91. The second kappa shape index (κ2) is 7.09. The summed E-state index contributed by atoms with van der Waals surface area (Å²) in [5.41, 5.74) is 5.94. The molecule has 1 aromatic heterocycles. The fourth-order valence-electron chi connectivity index (χ4n) is 3.68. The van der Waals surface area contributed by atoms with E-state index >= 15 is 0 Å². The van der Waals surface area contributed by atoms with Gasteiger partial charge in [0.15, 0.2) is 5.76 Å². The van der Waals surface area contributed by atoms with Crippen LogP contribution in [0.5, 0.6) is 0 Å². The number of carbonyl (C=O) groups is 1. The van der Waals surface area contributed by atoms with Gasteiger partial charge in [0.2, 0.25) is 10.0 Å². The maximum atomic E-state index is 12.7. The smallest absolute Gasteiger partial charge is 0.289 e. The third kappa shape index (κ3) is 3.61. The minimum atomic E-state index is -3.58. The Labute approximate surface area is 149 Å². The molecule has 8 heteroatoms. The average molecular weight is 369 g/mol. The van der Waals surface area contributed by atoms with Gasteiger partial charge >= 0.3 is 0 Å². The van der Waals surface area contributed by atoms with Crippen LogP contribution in [0.1, 0.15) is 48.9 Å². The summed E-state index contributed by atoms with van der Waals surface area (Å²) in [5.74, 6) is 0.567. The van der Waals surface area contributed by atoms with Crippen molar-refractivity contribution in [3.05, 3.63) is 17.6 Å². The fourth-order valence-corrected chi connectivity index (χ4v) is 5.36. The number of carbonyl (C=O) groups excluding carboxylic acids is 1. The quantitative estimate of drug-likeness (QED) is 0.869. The highest BCUT2D eigenvalue weighted by Crippen LogP contribution is 2.28. The molecule has 0 radical (unpaired) electrons. The molecule has 1 aromatic rings. The van der Waals surface area contributed by atoms with E-state index in [0.29, 0.717) is 32.1 Å². The fraction of sp³-hybridized carbons (Fsp3) is 0.706. The van der Waals surface area contributed by atoms with Crippen molar-refractivity contribution in [1.29, 1.82) is 0 Å². The van der Waals surface area contributed by atoms with Crippen molar-refractivity contribution >= 4 is 15.9 Å². The summed E-state index contributed by atoms with van der Waals surface area (Å²) in [5, 5.41) is 0. The molecule has 140 valence electrons. The zero-order valence-corrected chi connectivity index (χ0v) is 15.7. The number of sulfonamides is 1. The lowest BCUT2D eigenvalue weighted by molar-refractivity contribution is 0.0647. The second-order valence-corrected chi connectivity index (χ2v) is 9.04. The van der Waals surface area contributed by atoms with E-state index in [0.717, 1.165) is 25.7 Å². The standard InChI is InChI=1S/C17H27N3O4S/c1-12(18)14-5-9-19(10-6-14)17(21)15-11-16(13(2)24-15)25(22,23)20-7-3-4-8-20/h11-12,14H,3-10,18H2,1-2H3. The normalized spacial score (nSPS) is 21.6. The molecule has 2 aliphatic heterocycles. The Morgan fingerprint density at radius 3 is 2.40 bits per heavy atom. The molecule has 2 fully saturated rings. The van der Waals surface area contributed by atoms with Gasteiger partial charge in [0.05, 0.1) is 0 Å². The van der Waals surface area contributed by atoms with E-state index in [1.54, 1.807) is 11.8 Å². The van der Waals surface area contributed by atoms with E-state index in [1.165, 1.54) is 10.4 Å². The lowest BCUT2D eigenvalue weighted by Gasteiger charge is -2.33. The van der Waals surface area contributed by atoms with Gasteiger partial charge in [-0.3, -0.25) is 4.79 Å². The average Bonchev–Trinajstić information content (AvgIpc) is 3.24. The molecule has 0 aliphatic carbocycles. The first kappa shape index (κ1) is 18.4. The number of amides is 1. The van der Waals surface area contributed by atoms with Crippen molar-refractivity contribution < 1.29 is 17.6 Å². The highest BCUT2D eigenvalue weighted by Gasteiger charge is 2.33. The molecule has 7 nitrogen and oxygen atoms in total. The van der Waals surface area contributed by atoms with Crippen molar-refractivity contribution in [2.24, 2.45) is 11.7 Å². The van der Waals surface area contributed by atoms with Crippen LogP contribution in [-0.2, 0) is 10.0 Å². The van der Waals surface area contributed by atoms with Crippen LogP contribution in [0.25, 0.3) is 0 Å². The molecule has 0 bridgehead atoms. The monoisotopic (exact) mass is 369 g/mol. The van der Waals surface area contributed by atoms with Gasteiger partial charge in [-0.05, 0) is 45.4 Å². The molecule has 1 unspecified atom stereocenters. The Kier molecular flexibility index (Phi) is 5.22. The van der Waals surface area contributed by atoms with E-state index in [9.17, 15) is 13.2 Å². The number of rotatable bonds is 4. The topological polar surface area (TPSA) is 96.8 Å². The van der Waals surface area contributed by atoms with Gasteiger partial charge in [-0.25, -0.2) is 8.42 Å². The minimum Gasteiger partial charge on any atom is -0.455 e. The third-order valence-electron chi connectivity index (χ3n) is 5.34. The summed E-state index contributed by atoms with van der Waals surface area (Å²) in [6.07, 6.45) is 3.47. The van der Waals surface area contributed by atoms with E-state index in [1.807, 2.05) is 6.92 Å². The summed E-state index contributed by atoms with van der Waals surface area (Å²) >= 11 is 0. The van der Waals surface area contributed by atoms with Crippen LogP contribution in [0.2, 0.25) is 0 Å². The van der Waals surface area contributed by atoms with Crippen LogP contribution >= 0.6 is 0 Å². The molecule has 0 spiro atoms. The SMILES string of the molecule is Cc1oc(C(=O)N2CCC(C(C)N)CC2)cc1S(=O)(=O)N1CCCC1. The second-order valence-electron chi connectivity index (χ2n) is 7.13. The van der Waals surface area contributed by atoms with Gasteiger partial charge in [-0.2, -0.15) is 4.31 Å². The van der Waals surface area contributed by atoms with Crippen LogP contribution in [0.4, 0.5) is 0 Å². The van der Waals surface area contributed by atoms with E-state index in [-0.39, 0.29) is 28.4 Å². The number of furan rings is 1. The third-order valence-corrected chi connectivity index (χ3v) is 7.34. The zero-order valence-electron chi connectivity index (χ0n) is 14.9. The molecule has 2 aliphatic rings. The summed E-state index contributed by atoms with van der Waals surface area (Å²) in [6, 6.07) is 1.52. The number of likely N-dealkylation sites (tertiary alicyclic amines) is 1. The van der Waals surface area contributed by atoms with Crippen LogP contribution in [0.3, 0.4) is 0 Å². The molecule has 0 saturated carbocycles. The van der Waals surface area contributed by atoms with E-state index < -0.39 is 10.0 Å². The Balaban J connectivity index is 1.75. The van der Waals surface area contributed by atoms with Crippen LogP contribution in [-0.4, -0.2) is 55.8 Å². The van der Waals surface area contributed by atoms with Gasteiger partial charge in [0.25, 0.3) is 5.91 Å². The Hall–Kier alpha value is -1.38. The molecular weight excluding hydrogens is 342 g/mol.